The Morgan fingerprint density at radius 1 is 0.492 bits per heavy atom. The minimum absolute atomic E-state index is 0.0356. The van der Waals surface area contributed by atoms with E-state index in [1.54, 1.807) is 21.1 Å². The van der Waals surface area contributed by atoms with E-state index in [0.717, 1.165) is 83.5 Å². The minimum atomic E-state index is -1.13. The van der Waals surface area contributed by atoms with Gasteiger partial charge in [-0.05, 0) is 70.6 Å². The van der Waals surface area contributed by atoms with Gasteiger partial charge in [0.25, 0.3) is 0 Å². The molecule has 0 aromatic rings. The van der Waals surface area contributed by atoms with Crippen LogP contribution in [0.5, 0.6) is 0 Å². The zero-order valence-corrected chi connectivity index (χ0v) is 40.1. The highest BCUT2D eigenvalue weighted by Crippen LogP contribution is 2.15. The summed E-state index contributed by atoms with van der Waals surface area (Å²) in [5, 5.41) is 11.7. The van der Waals surface area contributed by atoms with E-state index >= 15 is 0 Å². The van der Waals surface area contributed by atoms with Crippen LogP contribution in [-0.4, -0.2) is 75.5 Å². The molecule has 352 valence electrons. The summed E-state index contributed by atoms with van der Waals surface area (Å²) in [4.78, 5) is 37.0. The number of esters is 2. The van der Waals surface area contributed by atoms with Gasteiger partial charge in [0.15, 0.2) is 6.10 Å². The number of quaternary nitrogens is 1. The summed E-state index contributed by atoms with van der Waals surface area (Å²) in [5.41, 5.74) is 0. The number of carbonyl (C=O) groups is 3. The topological polar surface area (TPSA) is 102 Å². The molecule has 0 aromatic carbocycles. The lowest BCUT2D eigenvalue weighted by atomic mass is 10.0. The Bertz CT molecular complexity index is 1180. The molecule has 8 heteroatoms. The number of carboxylic acids is 1. The van der Waals surface area contributed by atoms with Crippen LogP contribution < -0.4 is 5.11 Å². The fraction of sp³-hybridized carbons (Fsp3) is 0.755. The SMILES string of the molecule is CC/C=C/C/C=C/C/C=C/CCCCCCCCC(=O)OCC(COCCC(C(=O)[O-])[N+](C)(C)C)OC(=O)CCCCCCCCCCCCCCCC/C=C/C/C=C/CC. The molecule has 0 spiro atoms. The number of hydrogen-bond acceptors (Lipinski definition) is 7. The van der Waals surface area contributed by atoms with Crippen molar-refractivity contribution in [3.8, 4) is 0 Å². The molecule has 2 atom stereocenters. The van der Waals surface area contributed by atoms with Crippen molar-refractivity contribution in [2.45, 2.75) is 219 Å². The minimum Gasteiger partial charge on any atom is -0.544 e. The van der Waals surface area contributed by atoms with Gasteiger partial charge < -0.3 is 28.6 Å². The second-order valence-electron chi connectivity index (χ2n) is 17.6. The molecule has 0 aliphatic rings. The van der Waals surface area contributed by atoms with Crippen molar-refractivity contribution in [3.63, 3.8) is 0 Å². The van der Waals surface area contributed by atoms with E-state index in [4.69, 9.17) is 14.2 Å². The Hall–Kier alpha value is -2.97. The Labute approximate surface area is 375 Å². The third-order valence-electron chi connectivity index (χ3n) is 10.9. The van der Waals surface area contributed by atoms with Gasteiger partial charge in [-0.2, -0.15) is 0 Å². The highest BCUT2D eigenvalue weighted by molar-refractivity contribution is 5.70. The second kappa shape index (κ2) is 43.7. The maximum atomic E-state index is 12.8. The number of carbonyl (C=O) groups excluding carboxylic acids is 3. The van der Waals surface area contributed by atoms with Gasteiger partial charge in [0.2, 0.25) is 0 Å². The van der Waals surface area contributed by atoms with E-state index in [0.29, 0.717) is 12.8 Å². The summed E-state index contributed by atoms with van der Waals surface area (Å²) < 4.78 is 17.2. The van der Waals surface area contributed by atoms with Crippen LogP contribution in [0.2, 0.25) is 0 Å². The Kier molecular flexibility index (Phi) is 41.5. The second-order valence-corrected chi connectivity index (χ2v) is 17.6. The number of hydrogen-bond donors (Lipinski definition) is 0. The summed E-state index contributed by atoms with van der Waals surface area (Å²) in [6.45, 7) is 4.45. The highest BCUT2D eigenvalue weighted by atomic mass is 16.6. The Balaban J connectivity index is 4.25. The average Bonchev–Trinajstić information content (AvgIpc) is 3.22. The monoisotopic (exact) mass is 856 g/mol. The number of rotatable bonds is 44. The van der Waals surface area contributed by atoms with Gasteiger partial charge in [-0.1, -0.05) is 177 Å². The van der Waals surface area contributed by atoms with Crippen LogP contribution >= 0.6 is 0 Å². The molecular weight excluding hydrogens is 763 g/mol. The molecule has 0 bridgehead atoms. The first-order valence-corrected chi connectivity index (χ1v) is 24.8. The standard InChI is InChI=1S/C53H93NO7/c1-6-8-10-12-14-16-18-20-22-24-25-26-27-28-30-32-34-36-38-40-42-44-52(56)61-49(47-59-46-45-50(53(57)58)54(3,4)5)48-60-51(55)43-41-39-37-35-33-31-29-23-21-19-17-15-13-11-9-7-2/h8-11,14-17,21,23,49-50H,6-7,12-13,18-20,22,24-48H2,1-5H3/b10-8+,11-9+,16-14+,17-15+,23-21+. The van der Waals surface area contributed by atoms with Gasteiger partial charge in [0.05, 0.1) is 40.3 Å². The maximum Gasteiger partial charge on any atom is 0.306 e. The maximum absolute atomic E-state index is 12.8. The van der Waals surface area contributed by atoms with E-state index < -0.39 is 18.1 Å². The van der Waals surface area contributed by atoms with Crippen LogP contribution in [0.1, 0.15) is 206 Å². The molecule has 61 heavy (non-hydrogen) atoms. The molecule has 0 heterocycles. The molecule has 0 rings (SSSR count). The molecule has 2 unspecified atom stereocenters. The number of nitrogens with zero attached hydrogens (tertiary/aromatic N) is 1. The van der Waals surface area contributed by atoms with E-state index in [1.165, 1.54) is 89.9 Å². The van der Waals surface area contributed by atoms with Crippen molar-refractivity contribution < 1.29 is 38.2 Å². The first kappa shape index (κ1) is 58.0. The number of ether oxygens (including phenoxy) is 3. The largest absolute Gasteiger partial charge is 0.544 e. The summed E-state index contributed by atoms with van der Waals surface area (Å²) in [6.07, 6.45) is 53.9. The molecule has 0 N–H and O–H groups in total. The summed E-state index contributed by atoms with van der Waals surface area (Å²) in [5.74, 6) is -1.75. The van der Waals surface area contributed by atoms with E-state index in [9.17, 15) is 19.5 Å². The zero-order chi connectivity index (χ0) is 44.9. The Morgan fingerprint density at radius 2 is 0.869 bits per heavy atom. The predicted octanol–water partition coefficient (Wildman–Crippen LogP) is 12.8. The Morgan fingerprint density at radius 3 is 1.28 bits per heavy atom. The number of likely N-dealkylation sites (N-methyl/N-ethyl adjacent to an activating group) is 1. The lowest BCUT2D eigenvalue weighted by Gasteiger charge is -2.34. The quantitative estimate of drug-likeness (QED) is 0.0260. The molecule has 0 aromatic heterocycles. The first-order valence-electron chi connectivity index (χ1n) is 24.8. The molecule has 0 saturated carbocycles. The van der Waals surface area contributed by atoms with Crippen LogP contribution in [0.3, 0.4) is 0 Å². The van der Waals surface area contributed by atoms with Crippen molar-refractivity contribution in [2.75, 3.05) is 41.0 Å². The summed E-state index contributed by atoms with van der Waals surface area (Å²) in [7, 11) is 5.41. The van der Waals surface area contributed by atoms with Crippen molar-refractivity contribution >= 4 is 17.9 Å². The van der Waals surface area contributed by atoms with Crippen LogP contribution in [0.25, 0.3) is 0 Å². The lowest BCUT2D eigenvalue weighted by Crippen LogP contribution is -2.55. The smallest absolute Gasteiger partial charge is 0.306 e. The van der Waals surface area contributed by atoms with Gasteiger partial charge in [-0.3, -0.25) is 9.59 Å². The van der Waals surface area contributed by atoms with Crippen LogP contribution in [0, 0.1) is 0 Å². The van der Waals surface area contributed by atoms with Gasteiger partial charge in [0.1, 0.15) is 12.6 Å². The first-order chi connectivity index (χ1) is 29.6. The molecule has 0 radical (unpaired) electrons. The number of allylic oxidation sites excluding steroid dienone is 10. The van der Waals surface area contributed by atoms with E-state index in [-0.39, 0.29) is 42.7 Å². The fourth-order valence-corrected chi connectivity index (χ4v) is 7.12. The van der Waals surface area contributed by atoms with Gasteiger partial charge in [0, 0.05) is 19.3 Å². The van der Waals surface area contributed by atoms with Crippen molar-refractivity contribution in [2.24, 2.45) is 0 Å². The summed E-state index contributed by atoms with van der Waals surface area (Å²) >= 11 is 0. The molecule has 0 aliphatic carbocycles. The van der Waals surface area contributed by atoms with Crippen LogP contribution in [-0.2, 0) is 28.6 Å². The van der Waals surface area contributed by atoms with Gasteiger partial charge >= 0.3 is 11.9 Å². The van der Waals surface area contributed by atoms with E-state index in [1.807, 2.05) is 0 Å². The third kappa shape index (κ3) is 42.1. The molecule has 8 nitrogen and oxygen atoms in total. The number of carboxylic acid groups (broad SMARTS) is 1. The highest BCUT2D eigenvalue weighted by Gasteiger charge is 2.25. The molecule has 0 saturated heterocycles. The molecule has 0 fully saturated rings. The number of unbranched alkanes of at least 4 members (excludes halogenated alkanes) is 20. The van der Waals surface area contributed by atoms with E-state index in [2.05, 4.69) is 74.6 Å². The van der Waals surface area contributed by atoms with Crippen molar-refractivity contribution in [3.05, 3.63) is 60.8 Å². The lowest BCUT2D eigenvalue weighted by molar-refractivity contribution is -0.889. The molecule has 0 amide bonds. The van der Waals surface area contributed by atoms with Crippen LogP contribution in [0.15, 0.2) is 60.8 Å². The van der Waals surface area contributed by atoms with Gasteiger partial charge in [-0.25, -0.2) is 0 Å². The van der Waals surface area contributed by atoms with Crippen molar-refractivity contribution in [1.82, 2.24) is 0 Å². The summed E-state index contributed by atoms with van der Waals surface area (Å²) in [6, 6.07) is -0.729. The van der Waals surface area contributed by atoms with Crippen LogP contribution in [0.4, 0.5) is 0 Å². The fourth-order valence-electron chi connectivity index (χ4n) is 7.12. The zero-order valence-electron chi connectivity index (χ0n) is 40.1. The van der Waals surface area contributed by atoms with Gasteiger partial charge in [-0.15, -0.1) is 0 Å². The number of aliphatic carboxylic acids is 1. The average molecular weight is 856 g/mol. The molecule has 0 aliphatic heterocycles. The van der Waals surface area contributed by atoms with Crippen molar-refractivity contribution in [1.29, 1.82) is 0 Å². The third-order valence-corrected chi connectivity index (χ3v) is 10.9. The molecular formula is C53H93NO7. The predicted molar refractivity (Wildman–Crippen MR) is 254 cm³/mol. The normalized spacial score (nSPS) is 13.4.